The first-order chi connectivity index (χ1) is 17.1. The van der Waals surface area contributed by atoms with Crippen LogP contribution in [0.5, 0.6) is 0 Å². The summed E-state index contributed by atoms with van der Waals surface area (Å²) in [5.74, 6) is -1.46. The van der Waals surface area contributed by atoms with Crippen LogP contribution in [0.25, 0.3) is 0 Å². The SMILES string of the molecule is CC(C)c1ccc(NC(=O)c2cccc(NC3=C(Cl)C(=O)N(c4cc(Cl)c(Cl)cc4Cl)C3=O)c2)cc1. The Morgan fingerprint density at radius 1 is 0.806 bits per heavy atom. The lowest BCUT2D eigenvalue weighted by Gasteiger charge is -2.17. The minimum absolute atomic E-state index is 0.0487. The number of amides is 3. The number of halogens is 4. The zero-order valence-electron chi connectivity index (χ0n) is 19.0. The lowest BCUT2D eigenvalue weighted by Crippen LogP contribution is -2.32. The van der Waals surface area contributed by atoms with Crippen LogP contribution in [-0.4, -0.2) is 17.7 Å². The Kier molecular flexibility index (Phi) is 7.62. The fourth-order valence-electron chi connectivity index (χ4n) is 3.55. The van der Waals surface area contributed by atoms with Crippen molar-refractivity contribution in [3.05, 3.63) is 97.6 Å². The summed E-state index contributed by atoms with van der Waals surface area (Å²) in [5.41, 5.74) is 2.42. The lowest BCUT2D eigenvalue weighted by atomic mass is 10.0. The van der Waals surface area contributed by atoms with Gasteiger partial charge < -0.3 is 10.6 Å². The Balaban J connectivity index is 1.53. The number of rotatable bonds is 6. The molecule has 6 nitrogen and oxygen atoms in total. The van der Waals surface area contributed by atoms with Crippen LogP contribution in [0.1, 0.15) is 35.7 Å². The normalized spacial score (nSPS) is 13.6. The third-order valence-corrected chi connectivity index (χ3v) is 6.86. The zero-order valence-corrected chi connectivity index (χ0v) is 22.1. The fraction of sp³-hybridized carbons (Fsp3) is 0.115. The van der Waals surface area contributed by atoms with Gasteiger partial charge in [0.1, 0.15) is 10.7 Å². The second kappa shape index (κ2) is 10.5. The van der Waals surface area contributed by atoms with Crippen molar-refractivity contribution in [1.29, 1.82) is 0 Å². The molecule has 3 aromatic rings. The maximum absolute atomic E-state index is 13.1. The summed E-state index contributed by atoms with van der Waals surface area (Å²) in [7, 11) is 0. The molecule has 3 aromatic carbocycles. The fourth-order valence-corrected chi connectivity index (χ4v) is 4.39. The van der Waals surface area contributed by atoms with Gasteiger partial charge in [-0.1, -0.05) is 78.5 Å². The maximum Gasteiger partial charge on any atom is 0.283 e. The number of nitrogens with zero attached hydrogens (tertiary/aromatic N) is 1. The Morgan fingerprint density at radius 2 is 1.47 bits per heavy atom. The lowest BCUT2D eigenvalue weighted by molar-refractivity contribution is -0.120. The van der Waals surface area contributed by atoms with Crippen LogP contribution in [-0.2, 0) is 9.59 Å². The molecular formula is C26H19Cl4N3O3. The van der Waals surface area contributed by atoms with Crippen LogP contribution >= 0.6 is 46.4 Å². The van der Waals surface area contributed by atoms with Crippen LogP contribution in [0.15, 0.2) is 71.4 Å². The number of carbonyl (C=O) groups excluding carboxylic acids is 3. The molecule has 0 aromatic heterocycles. The summed E-state index contributed by atoms with van der Waals surface area (Å²) in [6.45, 7) is 4.18. The Bertz CT molecular complexity index is 1420. The Hall–Kier alpha value is -3.03. The molecule has 0 saturated heterocycles. The minimum Gasteiger partial charge on any atom is -0.350 e. The predicted octanol–water partition coefficient (Wildman–Crippen LogP) is 7.46. The van der Waals surface area contributed by atoms with E-state index in [9.17, 15) is 14.4 Å². The van der Waals surface area contributed by atoms with Gasteiger partial charge >= 0.3 is 0 Å². The number of anilines is 3. The minimum atomic E-state index is -0.775. The number of benzene rings is 3. The molecule has 0 radical (unpaired) electrons. The number of imide groups is 1. The molecule has 0 atom stereocenters. The summed E-state index contributed by atoms with van der Waals surface area (Å²) < 4.78 is 0. The van der Waals surface area contributed by atoms with Crippen molar-refractivity contribution in [1.82, 2.24) is 0 Å². The second-order valence-corrected chi connectivity index (χ2v) is 9.89. The molecule has 4 rings (SSSR count). The standard InChI is InChI=1S/C26H19Cl4N3O3/c1-13(2)14-6-8-16(9-7-14)32-24(34)15-4-3-5-17(10-15)31-23-22(30)25(35)33(26(23)36)21-12-19(28)18(27)11-20(21)29/h3-13,31H,1-2H3,(H,32,34). The maximum atomic E-state index is 13.1. The van der Waals surface area contributed by atoms with Crippen LogP contribution in [0.2, 0.25) is 15.1 Å². The third-order valence-electron chi connectivity index (χ3n) is 5.49. The first-order valence-corrected chi connectivity index (χ1v) is 12.3. The van der Waals surface area contributed by atoms with E-state index >= 15 is 0 Å². The van der Waals surface area contributed by atoms with Gasteiger partial charge in [-0.25, -0.2) is 4.90 Å². The average molecular weight is 563 g/mol. The van der Waals surface area contributed by atoms with Gasteiger partial charge in [0.2, 0.25) is 0 Å². The van der Waals surface area contributed by atoms with Crippen molar-refractivity contribution >= 4 is 81.2 Å². The van der Waals surface area contributed by atoms with Crippen LogP contribution in [0.3, 0.4) is 0 Å². The van der Waals surface area contributed by atoms with Crippen molar-refractivity contribution in [2.24, 2.45) is 0 Å². The summed E-state index contributed by atoms with van der Waals surface area (Å²) >= 11 is 24.4. The Labute approximate surface area is 227 Å². The molecule has 0 fully saturated rings. The molecule has 0 unspecified atom stereocenters. The molecule has 0 bridgehead atoms. The van der Waals surface area contributed by atoms with Gasteiger partial charge in [0.15, 0.2) is 0 Å². The van der Waals surface area contributed by atoms with Crippen molar-refractivity contribution in [3.8, 4) is 0 Å². The molecule has 1 aliphatic heterocycles. The molecule has 36 heavy (non-hydrogen) atoms. The monoisotopic (exact) mass is 561 g/mol. The molecule has 0 aliphatic carbocycles. The molecule has 1 heterocycles. The van der Waals surface area contributed by atoms with E-state index in [1.807, 2.05) is 24.3 Å². The van der Waals surface area contributed by atoms with Crippen LogP contribution in [0, 0.1) is 0 Å². The highest BCUT2D eigenvalue weighted by Gasteiger charge is 2.40. The quantitative estimate of drug-likeness (QED) is 0.241. The second-order valence-electron chi connectivity index (χ2n) is 8.29. The van der Waals surface area contributed by atoms with Gasteiger partial charge in [0, 0.05) is 16.9 Å². The third kappa shape index (κ3) is 5.22. The van der Waals surface area contributed by atoms with E-state index in [0.29, 0.717) is 22.9 Å². The number of hydrogen-bond donors (Lipinski definition) is 2. The van der Waals surface area contributed by atoms with Gasteiger partial charge in [-0.2, -0.15) is 0 Å². The van der Waals surface area contributed by atoms with E-state index in [-0.39, 0.29) is 37.4 Å². The molecule has 184 valence electrons. The molecule has 0 spiro atoms. The van der Waals surface area contributed by atoms with Gasteiger partial charge in [-0.05, 0) is 53.9 Å². The molecule has 2 N–H and O–H groups in total. The number of nitrogens with one attached hydrogen (secondary N) is 2. The molecule has 3 amide bonds. The van der Waals surface area contributed by atoms with E-state index < -0.39 is 11.8 Å². The molecule has 10 heteroatoms. The van der Waals surface area contributed by atoms with Crippen molar-refractivity contribution in [2.45, 2.75) is 19.8 Å². The highest BCUT2D eigenvalue weighted by atomic mass is 35.5. The van der Waals surface area contributed by atoms with Crippen LogP contribution < -0.4 is 15.5 Å². The smallest absolute Gasteiger partial charge is 0.283 e. The van der Waals surface area contributed by atoms with Gasteiger partial charge in [-0.15, -0.1) is 0 Å². The first kappa shape index (κ1) is 26.0. The van der Waals surface area contributed by atoms with E-state index in [0.717, 1.165) is 10.5 Å². The summed E-state index contributed by atoms with van der Waals surface area (Å²) in [6, 6.07) is 16.7. The van der Waals surface area contributed by atoms with E-state index in [1.54, 1.807) is 24.3 Å². The van der Waals surface area contributed by atoms with E-state index in [4.69, 9.17) is 46.4 Å². The van der Waals surface area contributed by atoms with E-state index in [2.05, 4.69) is 24.5 Å². The van der Waals surface area contributed by atoms with Crippen LogP contribution in [0.4, 0.5) is 17.1 Å². The van der Waals surface area contributed by atoms with E-state index in [1.165, 1.54) is 12.1 Å². The molecule has 0 saturated carbocycles. The molecular weight excluding hydrogens is 544 g/mol. The van der Waals surface area contributed by atoms with Crippen molar-refractivity contribution < 1.29 is 14.4 Å². The highest BCUT2D eigenvalue weighted by Crippen LogP contribution is 2.38. The first-order valence-electron chi connectivity index (χ1n) is 10.8. The van der Waals surface area contributed by atoms with Gasteiger partial charge in [0.25, 0.3) is 17.7 Å². The largest absolute Gasteiger partial charge is 0.350 e. The van der Waals surface area contributed by atoms with Gasteiger partial charge in [0.05, 0.1) is 20.8 Å². The Morgan fingerprint density at radius 3 is 2.14 bits per heavy atom. The van der Waals surface area contributed by atoms with Crippen molar-refractivity contribution in [2.75, 3.05) is 15.5 Å². The number of carbonyl (C=O) groups is 3. The predicted molar refractivity (Wildman–Crippen MR) is 145 cm³/mol. The molecule has 1 aliphatic rings. The topological polar surface area (TPSA) is 78.5 Å². The summed E-state index contributed by atoms with van der Waals surface area (Å²) in [5, 5.41) is 5.70. The number of hydrogen-bond acceptors (Lipinski definition) is 4. The van der Waals surface area contributed by atoms with Crippen molar-refractivity contribution in [3.63, 3.8) is 0 Å². The average Bonchev–Trinajstić information content (AvgIpc) is 3.05. The highest BCUT2D eigenvalue weighted by molar-refractivity contribution is 6.54. The summed E-state index contributed by atoms with van der Waals surface area (Å²) in [4.78, 5) is 39.5. The van der Waals surface area contributed by atoms with Gasteiger partial charge in [-0.3, -0.25) is 14.4 Å². The zero-order chi connectivity index (χ0) is 26.1. The summed E-state index contributed by atoms with van der Waals surface area (Å²) in [6.07, 6.45) is 0.